The highest BCUT2D eigenvalue weighted by molar-refractivity contribution is 6.18. The number of hydrogen-bond donors (Lipinski definition) is 2. The van der Waals surface area contributed by atoms with Crippen LogP contribution in [0, 0.1) is 13.8 Å². The molecule has 88 valence electrons. The highest BCUT2D eigenvalue weighted by Crippen LogP contribution is 2.17. The quantitative estimate of drug-likeness (QED) is 0.630. The van der Waals surface area contributed by atoms with E-state index in [1.807, 2.05) is 32.0 Å². The number of carbonyl (C=O) groups excluding carboxylic acids is 1. The summed E-state index contributed by atoms with van der Waals surface area (Å²) >= 11 is 5.39. The predicted octanol–water partition coefficient (Wildman–Crippen LogP) is 2.60. The molecule has 0 saturated heterocycles. The van der Waals surface area contributed by atoms with Gasteiger partial charge >= 0.3 is 6.09 Å². The molecule has 0 atom stereocenters. The third kappa shape index (κ3) is 3.62. The smallest absolute Gasteiger partial charge is 0.425 e. The van der Waals surface area contributed by atoms with E-state index in [4.69, 9.17) is 16.3 Å². The average molecular weight is 243 g/mol. The first kappa shape index (κ1) is 12.6. The number of alkyl halides is 1. The molecule has 0 spiro atoms. The maximum Gasteiger partial charge on any atom is 0.425 e. The van der Waals surface area contributed by atoms with Crippen molar-refractivity contribution in [1.29, 1.82) is 0 Å². The van der Waals surface area contributed by atoms with Crippen molar-refractivity contribution >= 4 is 23.4 Å². The molecule has 1 aromatic rings. The topological polar surface area (TPSA) is 50.4 Å². The SMILES string of the molecule is Cc1cccc(C)c1NNC(=O)OCCCl. The number of halogens is 1. The largest absolute Gasteiger partial charge is 0.447 e. The van der Waals surface area contributed by atoms with E-state index in [0.29, 0.717) is 0 Å². The van der Waals surface area contributed by atoms with Gasteiger partial charge in [-0.25, -0.2) is 10.2 Å². The van der Waals surface area contributed by atoms with Crippen LogP contribution in [0.25, 0.3) is 0 Å². The van der Waals surface area contributed by atoms with Gasteiger partial charge in [-0.1, -0.05) is 18.2 Å². The molecule has 0 bridgehead atoms. The molecule has 2 N–H and O–H groups in total. The maximum atomic E-state index is 11.1. The number of nitrogens with one attached hydrogen (secondary N) is 2. The Kier molecular flexibility index (Phi) is 4.92. The van der Waals surface area contributed by atoms with Gasteiger partial charge in [0.25, 0.3) is 0 Å². The van der Waals surface area contributed by atoms with Gasteiger partial charge in [-0.05, 0) is 25.0 Å². The average Bonchev–Trinajstić information content (AvgIpc) is 2.25. The summed E-state index contributed by atoms with van der Waals surface area (Å²) in [5.74, 6) is 0.289. The number of para-hydroxylation sites is 1. The van der Waals surface area contributed by atoms with Crippen molar-refractivity contribution in [2.24, 2.45) is 0 Å². The summed E-state index contributed by atoms with van der Waals surface area (Å²) in [6.45, 7) is 4.12. The normalized spacial score (nSPS) is 9.69. The van der Waals surface area contributed by atoms with Crippen LogP contribution in [0.15, 0.2) is 18.2 Å². The molecular weight excluding hydrogens is 228 g/mol. The van der Waals surface area contributed by atoms with Gasteiger partial charge in [-0.3, -0.25) is 5.43 Å². The lowest BCUT2D eigenvalue weighted by Gasteiger charge is -2.13. The van der Waals surface area contributed by atoms with Gasteiger partial charge in [0.15, 0.2) is 0 Å². The third-order valence-corrected chi connectivity index (χ3v) is 2.24. The van der Waals surface area contributed by atoms with Crippen LogP contribution in [0.5, 0.6) is 0 Å². The number of hydrazine groups is 1. The Bertz CT molecular complexity index is 349. The molecule has 0 radical (unpaired) electrons. The minimum atomic E-state index is -0.539. The summed E-state index contributed by atoms with van der Waals surface area (Å²) in [7, 11) is 0. The van der Waals surface area contributed by atoms with Crippen LogP contribution < -0.4 is 10.9 Å². The lowest BCUT2D eigenvalue weighted by molar-refractivity contribution is 0.155. The van der Waals surface area contributed by atoms with E-state index in [0.717, 1.165) is 16.8 Å². The molecule has 16 heavy (non-hydrogen) atoms. The van der Waals surface area contributed by atoms with E-state index in [9.17, 15) is 4.79 Å². The Balaban J connectivity index is 2.51. The van der Waals surface area contributed by atoms with Crippen LogP contribution in [0.1, 0.15) is 11.1 Å². The standard InChI is InChI=1S/C11H15ClN2O2/c1-8-4-3-5-9(2)10(8)13-14-11(15)16-7-6-12/h3-5,13H,6-7H2,1-2H3,(H,14,15). The fraction of sp³-hybridized carbons (Fsp3) is 0.364. The number of carbonyl (C=O) groups is 1. The molecule has 0 unspecified atom stereocenters. The number of aryl methyl sites for hydroxylation is 2. The number of amides is 1. The molecule has 0 aromatic heterocycles. The van der Waals surface area contributed by atoms with Gasteiger partial charge in [0, 0.05) is 0 Å². The number of hydrogen-bond acceptors (Lipinski definition) is 3. The van der Waals surface area contributed by atoms with Gasteiger partial charge in [0.1, 0.15) is 6.61 Å². The second kappa shape index (κ2) is 6.23. The summed E-state index contributed by atoms with van der Waals surface area (Å²) in [4.78, 5) is 11.1. The minimum absolute atomic E-state index is 0.196. The molecule has 5 heteroatoms. The number of rotatable bonds is 4. The Hall–Kier alpha value is -1.42. The number of ether oxygens (including phenoxy) is 1. The van der Waals surface area contributed by atoms with Crippen LogP contribution in [0.3, 0.4) is 0 Å². The van der Waals surface area contributed by atoms with Crippen molar-refractivity contribution in [3.63, 3.8) is 0 Å². The second-order valence-electron chi connectivity index (χ2n) is 3.34. The Morgan fingerprint density at radius 2 is 2.00 bits per heavy atom. The molecule has 1 amide bonds. The monoisotopic (exact) mass is 242 g/mol. The van der Waals surface area contributed by atoms with Crippen LogP contribution in [0.2, 0.25) is 0 Å². The lowest BCUT2D eigenvalue weighted by Crippen LogP contribution is -2.31. The van der Waals surface area contributed by atoms with E-state index < -0.39 is 6.09 Å². The van der Waals surface area contributed by atoms with Crippen LogP contribution in [0.4, 0.5) is 10.5 Å². The maximum absolute atomic E-state index is 11.1. The Labute approximate surface area is 99.9 Å². The molecule has 1 aromatic carbocycles. The van der Waals surface area contributed by atoms with Crippen LogP contribution in [-0.2, 0) is 4.74 Å². The summed E-state index contributed by atoms with van der Waals surface area (Å²) in [6, 6.07) is 5.88. The van der Waals surface area contributed by atoms with Gasteiger partial charge in [0.05, 0.1) is 11.6 Å². The highest BCUT2D eigenvalue weighted by Gasteiger charge is 2.04. The zero-order chi connectivity index (χ0) is 12.0. The second-order valence-corrected chi connectivity index (χ2v) is 3.72. The van der Waals surface area contributed by atoms with Crippen LogP contribution in [-0.4, -0.2) is 18.6 Å². The lowest BCUT2D eigenvalue weighted by atomic mass is 10.1. The molecule has 1 rings (SSSR count). The molecular formula is C11H15ClN2O2. The number of anilines is 1. The molecule has 0 fully saturated rings. The molecule has 0 saturated carbocycles. The van der Waals surface area contributed by atoms with Crippen molar-refractivity contribution in [2.45, 2.75) is 13.8 Å². The molecule has 0 aliphatic carbocycles. The Morgan fingerprint density at radius 1 is 1.38 bits per heavy atom. The molecule has 0 aliphatic heterocycles. The first-order valence-electron chi connectivity index (χ1n) is 4.96. The zero-order valence-electron chi connectivity index (χ0n) is 9.34. The summed E-state index contributed by atoms with van der Waals surface area (Å²) < 4.78 is 4.75. The van der Waals surface area contributed by atoms with E-state index in [2.05, 4.69) is 10.9 Å². The molecule has 0 heterocycles. The van der Waals surface area contributed by atoms with Crippen molar-refractivity contribution < 1.29 is 9.53 Å². The minimum Gasteiger partial charge on any atom is -0.447 e. The predicted molar refractivity (Wildman–Crippen MR) is 64.7 cm³/mol. The third-order valence-electron chi connectivity index (χ3n) is 2.08. The first-order chi connectivity index (χ1) is 7.65. The molecule has 0 aliphatic rings. The fourth-order valence-corrected chi connectivity index (χ4v) is 1.37. The number of benzene rings is 1. The molecule has 4 nitrogen and oxygen atoms in total. The fourth-order valence-electron chi connectivity index (χ4n) is 1.29. The summed E-state index contributed by atoms with van der Waals surface area (Å²) in [5.41, 5.74) is 8.25. The Morgan fingerprint density at radius 3 is 2.56 bits per heavy atom. The van der Waals surface area contributed by atoms with E-state index in [1.54, 1.807) is 0 Å². The van der Waals surface area contributed by atoms with Gasteiger partial charge < -0.3 is 4.74 Å². The summed E-state index contributed by atoms with van der Waals surface area (Å²) in [5, 5.41) is 0. The van der Waals surface area contributed by atoms with E-state index in [-0.39, 0.29) is 12.5 Å². The first-order valence-corrected chi connectivity index (χ1v) is 5.49. The van der Waals surface area contributed by atoms with Crippen LogP contribution >= 0.6 is 11.6 Å². The van der Waals surface area contributed by atoms with E-state index >= 15 is 0 Å². The summed E-state index contributed by atoms with van der Waals surface area (Å²) in [6.07, 6.45) is -0.539. The van der Waals surface area contributed by atoms with E-state index in [1.165, 1.54) is 0 Å². The highest BCUT2D eigenvalue weighted by atomic mass is 35.5. The van der Waals surface area contributed by atoms with Gasteiger partial charge in [-0.15, -0.1) is 11.6 Å². The van der Waals surface area contributed by atoms with Gasteiger partial charge in [0.2, 0.25) is 0 Å². The van der Waals surface area contributed by atoms with Crippen molar-refractivity contribution in [1.82, 2.24) is 5.43 Å². The van der Waals surface area contributed by atoms with Crippen molar-refractivity contribution in [3.05, 3.63) is 29.3 Å². The zero-order valence-corrected chi connectivity index (χ0v) is 10.1. The van der Waals surface area contributed by atoms with Crippen molar-refractivity contribution in [3.8, 4) is 0 Å². The van der Waals surface area contributed by atoms with Crippen molar-refractivity contribution in [2.75, 3.05) is 17.9 Å². The van der Waals surface area contributed by atoms with Gasteiger partial charge in [-0.2, -0.15) is 0 Å².